The predicted molar refractivity (Wildman–Crippen MR) is 78.4 cm³/mol. The molecule has 1 aromatic rings. The minimum Gasteiger partial charge on any atom is -0.488 e. The van der Waals surface area contributed by atoms with Crippen LogP contribution in [0.1, 0.15) is 6.42 Å². The monoisotopic (exact) mass is 335 g/mol. The Morgan fingerprint density at radius 3 is 2.76 bits per heavy atom. The van der Waals surface area contributed by atoms with Crippen LogP contribution in [0.5, 0.6) is 5.75 Å². The van der Waals surface area contributed by atoms with Crippen molar-refractivity contribution in [3.05, 3.63) is 33.3 Å². The lowest BCUT2D eigenvalue weighted by atomic mass is 9.91. The maximum Gasteiger partial charge on any atom is 0.288 e. The first-order valence-corrected chi connectivity index (χ1v) is 7.19. The van der Waals surface area contributed by atoms with Crippen molar-refractivity contribution in [1.82, 2.24) is 0 Å². The molecule has 0 heterocycles. The van der Waals surface area contributed by atoms with Crippen LogP contribution in [0.4, 0.5) is 5.69 Å². The van der Waals surface area contributed by atoms with Gasteiger partial charge in [-0.25, -0.2) is 0 Å². The summed E-state index contributed by atoms with van der Waals surface area (Å²) in [4.78, 5) is 10.2. The molecule has 3 unspecified atom stereocenters. The third-order valence-corrected chi connectivity index (χ3v) is 3.91. The Morgan fingerprint density at radius 1 is 1.43 bits per heavy atom. The lowest BCUT2D eigenvalue weighted by molar-refractivity contribution is -0.384. The maximum absolute atomic E-state index is 10.7. The van der Waals surface area contributed by atoms with Gasteiger partial charge in [0, 0.05) is 25.7 Å². The number of nitrogens with zero attached hydrogens (tertiary/aromatic N) is 1. The van der Waals surface area contributed by atoms with Gasteiger partial charge in [-0.05, 0) is 6.07 Å². The maximum atomic E-state index is 10.7. The van der Waals surface area contributed by atoms with E-state index in [1.165, 1.54) is 18.2 Å². The third-order valence-electron chi connectivity index (χ3n) is 3.18. The van der Waals surface area contributed by atoms with Crippen LogP contribution in [0, 0.1) is 10.1 Å². The normalized spacial score (nSPS) is 24.4. The molecule has 0 amide bonds. The SMILES string of the molecule is COCCOC1C(Cl)CC1Oc1ccc([N+](=O)[O-])c(Cl)c1. The topological polar surface area (TPSA) is 70.8 Å². The number of hydrogen-bond donors (Lipinski definition) is 0. The zero-order valence-electron chi connectivity index (χ0n) is 11.3. The van der Waals surface area contributed by atoms with Crippen molar-refractivity contribution in [2.45, 2.75) is 24.0 Å². The molecular weight excluding hydrogens is 321 g/mol. The van der Waals surface area contributed by atoms with E-state index in [2.05, 4.69) is 0 Å². The van der Waals surface area contributed by atoms with Crippen molar-refractivity contribution in [3.63, 3.8) is 0 Å². The van der Waals surface area contributed by atoms with Crippen molar-refractivity contribution in [2.75, 3.05) is 20.3 Å². The molecule has 0 saturated heterocycles. The second-order valence-electron chi connectivity index (χ2n) is 4.61. The number of benzene rings is 1. The fourth-order valence-corrected chi connectivity index (χ4v) is 2.66. The van der Waals surface area contributed by atoms with Crippen molar-refractivity contribution in [2.24, 2.45) is 0 Å². The molecule has 0 aromatic heterocycles. The molecule has 0 aliphatic heterocycles. The van der Waals surface area contributed by atoms with Gasteiger partial charge in [0.2, 0.25) is 0 Å². The predicted octanol–water partition coefficient (Wildman–Crippen LogP) is 3.04. The number of nitro groups is 1. The Morgan fingerprint density at radius 2 is 2.19 bits per heavy atom. The van der Waals surface area contributed by atoms with Crippen LogP contribution in [-0.2, 0) is 9.47 Å². The van der Waals surface area contributed by atoms with Crippen LogP contribution < -0.4 is 4.74 Å². The summed E-state index contributed by atoms with van der Waals surface area (Å²) in [5.41, 5.74) is -0.152. The molecule has 0 radical (unpaired) electrons. The van der Waals surface area contributed by atoms with E-state index in [4.69, 9.17) is 37.4 Å². The van der Waals surface area contributed by atoms with E-state index in [0.29, 0.717) is 25.4 Å². The summed E-state index contributed by atoms with van der Waals surface area (Å²) in [5.74, 6) is 0.458. The van der Waals surface area contributed by atoms with Gasteiger partial charge in [0.1, 0.15) is 23.0 Å². The molecule has 6 nitrogen and oxygen atoms in total. The van der Waals surface area contributed by atoms with Gasteiger partial charge in [0.05, 0.1) is 23.5 Å². The quantitative estimate of drug-likeness (QED) is 0.331. The summed E-state index contributed by atoms with van der Waals surface area (Å²) < 4.78 is 16.2. The third kappa shape index (κ3) is 3.97. The largest absolute Gasteiger partial charge is 0.488 e. The zero-order valence-corrected chi connectivity index (χ0v) is 12.8. The van der Waals surface area contributed by atoms with E-state index in [1.54, 1.807) is 7.11 Å². The molecule has 2 rings (SSSR count). The van der Waals surface area contributed by atoms with Gasteiger partial charge in [-0.3, -0.25) is 10.1 Å². The molecule has 1 fully saturated rings. The minimum absolute atomic E-state index is 0.0381. The van der Waals surface area contributed by atoms with Gasteiger partial charge in [0.25, 0.3) is 5.69 Å². The fourth-order valence-electron chi connectivity index (χ4n) is 2.01. The van der Waals surface area contributed by atoms with E-state index in [0.717, 1.165) is 0 Å². The zero-order chi connectivity index (χ0) is 15.4. The Bertz CT molecular complexity index is 513. The first-order chi connectivity index (χ1) is 10.0. The van der Waals surface area contributed by atoms with Gasteiger partial charge in [-0.1, -0.05) is 11.6 Å². The molecule has 0 N–H and O–H groups in total. The van der Waals surface area contributed by atoms with E-state index in [-0.39, 0.29) is 28.3 Å². The highest BCUT2D eigenvalue weighted by molar-refractivity contribution is 6.32. The number of hydrogen-bond acceptors (Lipinski definition) is 5. The smallest absolute Gasteiger partial charge is 0.288 e. The lowest BCUT2D eigenvalue weighted by Gasteiger charge is -2.40. The summed E-state index contributed by atoms with van der Waals surface area (Å²) in [6.45, 7) is 0.918. The number of nitro benzene ring substituents is 1. The first-order valence-electron chi connectivity index (χ1n) is 6.38. The highest BCUT2D eigenvalue weighted by Gasteiger charge is 2.42. The van der Waals surface area contributed by atoms with E-state index >= 15 is 0 Å². The van der Waals surface area contributed by atoms with E-state index in [1.807, 2.05) is 0 Å². The summed E-state index contributed by atoms with van der Waals surface area (Å²) in [5, 5.41) is 10.6. The Kier molecular flexibility index (Phi) is 5.64. The number of rotatable bonds is 7. The van der Waals surface area contributed by atoms with Crippen LogP contribution in [-0.4, -0.2) is 42.8 Å². The van der Waals surface area contributed by atoms with Gasteiger partial charge >= 0.3 is 0 Å². The molecule has 8 heteroatoms. The van der Waals surface area contributed by atoms with Crippen LogP contribution in [0.25, 0.3) is 0 Å². The average Bonchev–Trinajstić information content (AvgIpc) is 2.42. The average molecular weight is 336 g/mol. The lowest BCUT2D eigenvalue weighted by Crippen LogP contribution is -2.53. The second kappa shape index (κ2) is 7.26. The van der Waals surface area contributed by atoms with Crippen molar-refractivity contribution in [3.8, 4) is 5.75 Å². The van der Waals surface area contributed by atoms with Gasteiger partial charge < -0.3 is 14.2 Å². The van der Waals surface area contributed by atoms with Crippen molar-refractivity contribution >= 4 is 28.9 Å². The number of alkyl halides is 1. The highest BCUT2D eigenvalue weighted by Crippen LogP contribution is 2.35. The number of halogens is 2. The number of ether oxygens (including phenoxy) is 3. The Balaban J connectivity index is 1.95. The molecule has 1 aromatic carbocycles. The molecular formula is C13H15Cl2NO5. The summed E-state index contributed by atoms with van der Waals surface area (Å²) in [7, 11) is 1.59. The molecule has 3 atom stereocenters. The van der Waals surface area contributed by atoms with Crippen molar-refractivity contribution in [1.29, 1.82) is 0 Å². The first kappa shape index (κ1) is 16.3. The van der Waals surface area contributed by atoms with Crippen molar-refractivity contribution < 1.29 is 19.1 Å². The molecule has 0 bridgehead atoms. The standard InChI is InChI=1S/C13H15Cl2NO5/c1-19-4-5-20-13-10(15)7-12(13)21-8-2-3-11(16(17)18)9(14)6-8/h2-3,6,10,12-13H,4-5,7H2,1H3. The molecule has 21 heavy (non-hydrogen) atoms. The van der Waals surface area contributed by atoms with Crippen LogP contribution in [0.15, 0.2) is 18.2 Å². The van der Waals surface area contributed by atoms with E-state index < -0.39 is 4.92 Å². The van der Waals surface area contributed by atoms with Crippen LogP contribution >= 0.6 is 23.2 Å². The molecule has 0 spiro atoms. The molecule has 116 valence electrons. The highest BCUT2D eigenvalue weighted by atomic mass is 35.5. The summed E-state index contributed by atoms with van der Waals surface area (Å²) in [6.07, 6.45) is 0.228. The Labute approximate surface area is 132 Å². The van der Waals surface area contributed by atoms with Gasteiger partial charge in [-0.2, -0.15) is 0 Å². The summed E-state index contributed by atoms with van der Waals surface area (Å²) in [6, 6.07) is 4.25. The molecule has 1 saturated carbocycles. The van der Waals surface area contributed by atoms with Gasteiger partial charge in [-0.15, -0.1) is 11.6 Å². The Hall–Kier alpha value is -1.08. The van der Waals surface area contributed by atoms with Crippen LogP contribution in [0.2, 0.25) is 5.02 Å². The minimum atomic E-state index is -0.541. The second-order valence-corrected chi connectivity index (χ2v) is 5.57. The van der Waals surface area contributed by atoms with Crippen LogP contribution in [0.3, 0.4) is 0 Å². The van der Waals surface area contributed by atoms with E-state index in [9.17, 15) is 10.1 Å². The number of methoxy groups -OCH3 is 1. The molecule has 1 aliphatic carbocycles. The molecule has 1 aliphatic rings. The van der Waals surface area contributed by atoms with Gasteiger partial charge in [0.15, 0.2) is 0 Å². The summed E-state index contributed by atoms with van der Waals surface area (Å²) >= 11 is 11.9. The fraction of sp³-hybridized carbons (Fsp3) is 0.538.